The first-order valence-electron chi connectivity index (χ1n) is 11.5. The van der Waals surface area contributed by atoms with Gasteiger partial charge < -0.3 is 9.64 Å². The van der Waals surface area contributed by atoms with Crippen molar-refractivity contribution in [3.63, 3.8) is 0 Å². The maximum absolute atomic E-state index is 13.4. The van der Waals surface area contributed by atoms with E-state index in [-0.39, 0.29) is 18.7 Å². The fourth-order valence-corrected chi connectivity index (χ4v) is 5.53. The summed E-state index contributed by atoms with van der Waals surface area (Å²) in [5, 5.41) is 0. The van der Waals surface area contributed by atoms with E-state index in [9.17, 15) is 18.0 Å². The number of hydrogen-bond donors (Lipinski definition) is 0. The van der Waals surface area contributed by atoms with E-state index in [4.69, 9.17) is 4.74 Å². The predicted molar refractivity (Wildman–Crippen MR) is 129 cm³/mol. The van der Waals surface area contributed by atoms with Crippen molar-refractivity contribution < 1.29 is 22.7 Å². The van der Waals surface area contributed by atoms with Gasteiger partial charge in [0.25, 0.3) is 11.8 Å². The third kappa shape index (κ3) is 5.48. The molecule has 0 spiro atoms. The number of rotatable bonds is 7. The Morgan fingerprint density at radius 2 is 1.59 bits per heavy atom. The van der Waals surface area contributed by atoms with Gasteiger partial charge in [0.1, 0.15) is 5.57 Å². The molecule has 1 aromatic rings. The summed E-state index contributed by atoms with van der Waals surface area (Å²) in [7, 11) is -4.30. The Kier molecular flexibility index (Phi) is 7.64. The van der Waals surface area contributed by atoms with Crippen LogP contribution >= 0.6 is 0 Å². The lowest BCUT2D eigenvalue weighted by Gasteiger charge is -2.36. The number of morpholine rings is 1. The molecule has 2 heterocycles. The summed E-state index contributed by atoms with van der Waals surface area (Å²) in [4.78, 5) is 28.4. The molecule has 34 heavy (non-hydrogen) atoms. The normalized spacial score (nSPS) is 21.7. The van der Waals surface area contributed by atoms with Crippen LogP contribution in [-0.4, -0.2) is 73.1 Å². The molecule has 0 atom stereocenters. The van der Waals surface area contributed by atoms with Crippen molar-refractivity contribution in [3.8, 4) is 0 Å². The first-order chi connectivity index (χ1) is 16.5. The maximum Gasteiger partial charge on any atom is 0.331 e. The first kappa shape index (κ1) is 24.0. The SMILES string of the molecule is O=C1/C(=C/N2CCOCC2)C(=O)N(CCc2ccccc2)S(=O)(=O)N1CCC1=CCC=CC=C1. The summed E-state index contributed by atoms with van der Waals surface area (Å²) in [5.74, 6) is -1.55. The molecule has 1 aliphatic carbocycles. The quantitative estimate of drug-likeness (QED) is 0.437. The third-order valence-electron chi connectivity index (χ3n) is 5.95. The van der Waals surface area contributed by atoms with Crippen molar-refractivity contribution >= 4 is 22.0 Å². The zero-order chi connectivity index (χ0) is 24.0. The van der Waals surface area contributed by atoms with E-state index in [1.54, 1.807) is 0 Å². The van der Waals surface area contributed by atoms with Gasteiger partial charge in [-0.25, -0.2) is 8.61 Å². The van der Waals surface area contributed by atoms with E-state index in [1.807, 2.05) is 65.6 Å². The molecule has 0 radical (unpaired) electrons. The van der Waals surface area contributed by atoms with Crippen LogP contribution in [0.2, 0.25) is 0 Å². The molecular formula is C25H29N3O5S. The topological polar surface area (TPSA) is 87.2 Å². The van der Waals surface area contributed by atoms with Gasteiger partial charge in [-0.2, -0.15) is 8.42 Å². The molecule has 9 heteroatoms. The Morgan fingerprint density at radius 1 is 0.912 bits per heavy atom. The minimum Gasteiger partial charge on any atom is -0.378 e. The number of carbonyl (C=O) groups is 2. The first-order valence-corrected chi connectivity index (χ1v) is 12.9. The molecule has 0 saturated carbocycles. The molecule has 1 aromatic carbocycles. The van der Waals surface area contributed by atoms with Gasteiger partial charge in [0.2, 0.25) is 0 Å². The van der Waals surface area contributed by atoms with Crippen molar-refractivity contribution in [1.29, 1.82) is 0 Å². The van der Waals surface area contributed by atoms with Crippen LogP contribution in [0.1, 0.15) is 18.4 Å². The second-order valence-corrected chi connectivity index (χ2v) is 10.0. The minimum atomic E-state index is -4.30. The molecule has 2 aliphatic heterocycles. The van der Waals surface area contributed by atoms with Crippen LogP contribution < -0.4 is 0 Å². The summed E-state index contributed by atoms with van der Waals surface area (Å²) in [6.45, 7) is 1.96. The molecule has 2 fully saturated rings. The van der Waals surface area contributed by atoms with Gasteiger partial charge in [0.15, 0.2) is 0 Å². The lowest BCUT2D eigenvalue weighted by atomic mass is 10.1. The number of carbonyl (C=O) groups excluding carboxylic acids is 2. The van der Waals surface area contributed by atoms with Crippen LogP contribution in [0.5, 0.6) is 0 Å². The lowest BCUT2D eigenvalue weighted by Crippen LogP contribution is -2.57. The maximum atomic E-state index is 13.4. The van der Waals surface area contributed by atoms with Crippen molar-refractivity contribution in [2.75, 3.05) is 39.4 Å². The zero-order valence-corrected chi connectivity index (χ0v) is 19.8. The third-order valence-corrected chi connectivity index (χ3v) is 7.76. The average Bonchev–Trinajstić information content (AvgIpc) is 3.12. The van der Waals surface area contributed by atoms with E-state index in [1.165, 1.54) is 6.20 Å². The number of nitrogens with zero attached hydrogens (tertiary/aromatic N) is 3. The number of hydrogen-bond acceptors (Lipinski definition) is 6. The Bertz CT molecular complexity index is 1130. The smallest absolute Gasteiger partial charge is 0.331 e. The van der Waals surface area contributed by atoms with Gasteiger partial charge in [0, 0.05) is 32.4 Å². The van der Waals surface area contributed by atoms with Crippen LogP contribution in [0.4, 0.5) is 0 Å². The Hall–Kier alpha value is -3.17. The molecule has 0 unspecified atom stereocenters. The highest BCUT2D eigenvalue weighted by molar-refractivity contribution is 7.88. The lowest BCUT2D eigenvalue weighted by molar-refractivity contribution is -0.132. The van der Waals surface area contributed by atoms with E-state index >= 15 is 0 Å². The Balaban J connectivity index is 1.61. The van der Waals surface area contributed by atoms with Gasteiger partial charge in [-0.3, -0.25) is 9.59 Å². The van der Waals surface area contributed by atoms with Crippen LogP contribution in [0, 0.1) is 0 Å². The van der Waals surface area contributed by atoms with Gasteiger partial charge in [0.05, 0.1) is 13.2 Å². The second-order valence-electron chi connectivity index (χ2n) is 8.24. The highest BCUT2D eigenvalue weighted by Crippen LogP contribution is 2.25. The molecule has 2 amide bonds. The fourth-order valence-electron chi connectivity index (χ4n) is 4.04. The standard InChI is InChI=1S/C25H29N3O5S/c29-24-23(20-26-16-18-33-19-17-26)25(30)28(15-13-22-10-6-3-7-11-22)34(31,32)27(24)14-12-21-8-4-1-2-5-9-21/h1-4,6-11,20H,5,12-19H2/b23-20-. The van der Waals surface area contributed by atoms with Gasteiger partial charge in [-0.15, -0.1) is 0 Å². The van der Waals surface area contributed by atoms with Gasteiger partial charge >= 0.3 is 10.2 Å². The fraction of sp³-hybridized carbons (Fsp3) is 0.360. The van der Waals surface area contributed by atoms with E-state index < -0.39 is 22.0 Å². The average molecular weight is 484 g/mol. The molecule has 0 N–H and O–H groups in total. The van der Waals surface area contributed by atoms with Gasteiger partial charge in [-0.1, -0.05) is 60.7 Å². The number of allylic oxidation sites excluding steroid dienone is 5. The molecule has 3 aliphatic rings. The van der Waals surface area contributed by atoms with Gasteiger partial charge in [-0.05, 0) is 30.4 Å². The molecule has 180 valence electrons. The largest absolute Gasteiger partial charge is 0.378 e. The summed E-state index contributed by atoms with van der Waals surface area (Å²) in [6, 6.07) is 9.37. The van der Waals surface area contributed by atoms with Crippen LogP contribution in [-0.2, 0) is 31.0 Å². The summed E-state index contributed by atoms with van der Waals surface area (Å²) >= 11 is 0. The molecule has 4 rings (SSSR count). The monoisotopic (exact) mass is 483 g/mol. The number of benzene rings is 1. The second kappa shape index (κ2) is 10.8. The Labute approximate surface area is 200 Å². The van der Waals surface area contributed by atoms with Crippen LogP contribution in [0.3, 0.4) is 0 Å². The van der Waals surface area contributed by atoms with E-state index in [0.717, 1.165) is 26.2 Å². The van der Waals surface area contributed by atoms with Crippen molar-refractivity contribution in [2.45, 2.75) is 19.3 Å². The molecule has 8 nitrogen and oxygen atoms in total. The number of amides is 2. The van der Waals surface area contributed by atoms with Crippen LogP contribution in [0.25, 0.3) is 0 Å². The highest BCUT2D eigenvalue weighted by Gasteiger charge is 2.46. The summed E-state index contributed by atoms with van der Waals surface area (Å²) in [6.07, 6.45) is 12.7. The van der Waals surface area contributed by atoms with E-state index in [2.05, 4.69) is 0 Å². The molecule has 2 saturated heterocycles. The van der Waals surface area contributed by atoms with Crippen molar-refractivity contribution in [2.24, 2.45) is 0 Å². The van der Waals surface area contributed by atoms with E-state index in [0.29, 0.717) is 39.1 Å². The molecule has 0 aromatic heterocycles. The summed E-state index contributed by atoms with van der Waals surface area (Å²) in [5.41, 5.74) is 1.73. The summed E-state index contributed by atoms with van der Waals surface area (Å²) < 4.78 is 33.9. The molecular weight excluding hydrogens is 454 g/mol. The predicted octanol–water partition coefficient (Wildman–Crippen LogP) is 2.19. The zero-order valence-electron chi connectivity index (χ0n) is 19.0. The van der Waals surface area contributed by atoms with Crippen molar-refractivity contribution in [3.05, 3.63) is 83.6 Å². The molecule has 0 bridgehead atoms. The number of ether oxygens (including phenoxy) is 1. The highest BCUT2D eigenvalue weighted by atomic mass is 32.2. The Morgan fingerprint density at radius 3 is 2.29 bits per heavy atom. The van der Waals surface area contributed by atoms with Crippen LogP contribution in [0.15, 0.2) is 78.1 Å². The van der Waals surface area contributed by atoms with Crippen molar-refractivity contribution in [1.82, 2.24) is 13.5 Å². The minimum absolute atomic E-state index is 0.0348.